The van der Waals surface area contributed by atoms with Crippen LogP contribution in [0.15, 0.2) is 6.07 Å². The van der Waals surface area contributed by atoms with E-state index in [4.69, 9.17) is 5.11 Å². The Morgan fingerprint density at radius 3 is 2.26 bits per heavy atom. The predicted octanol–water partition coefficient (Wildman–Crippen LogP) is 2.23. The molecule has 104 valence electrons. The van der Waals surface area contributed by atoms with E-state index in [1.54, 1.807) is 0 Å². The normalized spacial score (nSPS) is 12.1. The maximum Gasteiger partial charge on any atom is 0.319 e. The van der Waals surface area contributed by atoms with Crippen LogP contribution in [0.1, 0.15) is 18.3 Å². The minimum atomic E-state index is -2.96. The molecule has 0 radical (unpaired) electrons. The number of rotatable bonds is 4. The molecule has 1 aromatic carbocycles. The number of esters is 1. The Labute approximate surface area is 102 Å². The first-order valence-electron chi connectivity index (χ1n) is 4.62. The first-order valence-corrected chi connectivity index (χ1v) is 4.62. The molecule has 0 amide bonds. The van der Waals surface area contributed by atoms with Crippen molar-refractivity contribution in [3.8, 4) is 0 Å². The SMILES string of the molecule is O=C(O)CC(=O)OC(F)c1cc(F)c(F)c(F)c1F. The molecule has 0 fully saturated rings. The van der Waals surface area contributed by atoms with Gasteiger partial charge >= 0.3 is 11.9 Å². The molecular formula is C10H5F5O4. The van der Waals surface area contributed by atoms with Crippen LogP contribution in [-0.4, -0.2) is 17.0 Å². The van der Waals surface area contributed by atoms with Gasteiger partial charge in [0, 0.05) is 0 Å². The van der Waals surface area contributed by atoms with Crippen molar-refractivity contribution in [2.45, 2.75) is 12.8 Å². The van der Waals surface area contributed by atoms with Gasteiger partial charge in [0.15, 0.2) is 23.3 Å². The van der Waals surface area contributed by atoms with Crippen molar-refractivity contribution < 1.29 is 41.4 Å². The molecular weight excluding hydrogens is 279 g/mol. The lowest BCUT2D eigenvalue weighted by Crippen LogP contribution is -2.14. The second-order valence-corrected chi connectivity index (χ2v) is 3.27. The van der Waals surface area contributed by atoms with Crippen molar-refractivity contribution in [1.29, 1.82) is 0 Å². The van der Waals surface area contributed by atoms with Crippen molar-refractivity contribution in [2.75, 3.05) is 0 Å². The first kappa shape index (κ1) is 14.9. The fraction of sp³-hybridized carbons (Fsp3) is 0.200. The Bertz CT molecular complexity index is 531. The highest BCUT2D eigenvalue weighted by Gasteiger charge is 2.27. The number of ether oxygens (including phenoxy) is 1. The third-order valence-electron chi connectivity index (χ3n) is 1.91. The molecule has 0 heterocycles. The van der Waals surface area contributed by atoms with Crippen molar-refractivity contribution in [1.82, 2.24) is 0 Å². The van der Waals surface area contributed by atoms with E-state index in [-0.39, 0.29) is 6.07 Å². The number of carboxylic acid groups (broad SMARTS) is 1. The summed E-state index contributed by atoms with van der Waals surface area (Å²) in [7, 11) is 0. The van der Waals surface area contributed by atoms with Crippen LogP contribution in [0.2, 0.25) is 0 Å². The van der Waals surface area contributed by atoms with Crippen LogP contribution < -0.4 is 0 Å². The standard InChI is InChI=1S/C10H5F5O4/c11-4-1-3(7(12)9(14)8(4)13)10(15)19-6(18)2-5(16)17/h1,10H,2H2,(H,16,17). The van der Waals surface area contributed by atoms with Crippen molar-refractivity contribution in [3.05, 3.63) is 34.9 Å². The quantitative estimate of drug-likeness (QED) is 0.303. The summed E-state index contributed by atoms with van der Waals surface area (Å²) in [5.41, 5.74) is -1.39. The largest absolute Gasteiger partial charge is 0.481 e. The van der Waals surface area contributed by atoms with Crippen LogP contribution in [-0.2, 0) is 14.3 Å². The summed E-state index contributed by atoms with van der Waals surface area (Å²) >= 11 is 0. The number of hydrogen-bond acceptors (Lipinski definition) is 3. The molecule has 0 aliphatic heterocycles. The molecule has 0 saturated carbocycles. The Morgan fingerprint density at radius 2 is 1.74 bits per heavy atom. The molecule has 0 saturated heterocycles. The topological polar surface area (TPSA) is 63.6 Å². The zero-order valence-electron chi connectivity index (χ0n) is 8.92. The number of hydrogen-bond donors (Lipinski definition) is 1. The number of carbonyl (C=O) groups is 2. The molecule has 1 aromatic rings. The van der Waals surface area contributed by atoms with Gasteiger partial charge in [0.05, 0.1) is 5.56 Å². The van der Waals surface area contributed by atoms with E-state index in [0.29, 0.717) is 0 Å². The van der Waals surface area contributed by atoms with Gasteiger partial charge in [-0.15, -0.1) is 0 Å². The lowest BCUT2D eigenvalue weighted by Gasteiger charge is -2.11. The summed E-state index contributed by atoms with van der Waals surface area (Å²) in [6.07, 6.45) is -4.19. The number of halogens is 5. The fourth-order valence-electron chi connectivity index (χ4n) is 1.10. The van der Waals surface area contributed by atoms with Gasteiger partial charge in [-0.05, 0) is 6.07 Å². The van der Waals surface area contributed by atoms with Crippen LogP contribution >= 0.6 is 0 Å². The molecule has 1 unspecified atom stereocenters. The third kappa shape index (κ3) is 3.39. The molecule has 1 rings (SSSR count). The zero-order chi connectivity index (χ0) is 14.7. The summed E-state index contributed by atoms with van der Waals surface area (Å²) in [4.78, 5) is 20.8. The Kier molecular flexibility index (Phi) is 4.41. The molecule has 19 heavy (non-hydrogen) atoms. The van der Waals surface area contributed by atoms with Gasteiger partial charge in [0.2, 0.25) is 0 Å². The van der Waals surface area contributed by atoms with E-state index in [2.05, 4.69) is 4.74 Å². The van der Waals surface area contributed by atoms with Gasteiger partial charge in [-0.25, -0.2) is 17.6 Å². The van der Waals surface area contributed by atoms with Crippen molar-refractivity contribution in [2.24, 2.45) is 0 Å². The van der Waals surface area contributed by atoms with Crippen molar-refractivity contribution >= 4 is 11.9 Å². The number of benzene rings is 1. The second kappa shape index (κ2) is 5.63. The monoisotopic (exact) mass is 284 g/mol. The van der Waals surface area contributed by atoms with E-state index >= 15 is 0 Å². The van der Waals surface area contributed by atoms with Crippen LogP contribution in [0.25, 0.3) is 0 Å². The van der Waals surface area contributed by atoms with E-state index < -0.39 is 53.5 Å². The molecule has 0 aromatic heterocycles. The third-order valence-corrected chi connectivity index (χ3v) is 1.91. The van der Waals surface area contributed by atoms with Crippen LogP contribution in [0.5, 0.6) is 0 Å². The predicted molar refractivity (Wildman–Crippen MR) is 48.5 cm³/mol. The number of aliphatic carboxylic acids is 1. The molecule has 1 N–H and O–H groups in total. The highest BCUT2D eigenvalue weighted by molar-refractivity contribution is 5.90. The van der Waals surface area contributed by atoms with Crippen LogP contribution in [0, 0.1) is 23.3 Å². The smallest absolute Gasteiger partial charge is 0.319 e. The molecule has 1 atom stereocenters. The number of carbonyl (C=O) groups excluding carboxylic acids is 1. The molecule has 0 spiro atoms. The average Bonchev–Trinajstić information content (AvgIpc) is 2.29. The Hall–Kier alpha value is -2.19. The zero-order valence-corrected chi connectivity index (χ0v) is 8.92. The fourth-order valence-corrected chi connectivity index (χ4v) is 1.10. The van der Waals surface area contributed by atoms with Gasteiger partial charge in [0.25, 0.3) is 6.36 Å². The lowest BCUT2D eigenvalue weighted by molar-refractivity contribution is -0.162. The van der Waals surface area contributed by atoms with Gasteiger partial charge in [0.1, 0.15) is 6.42 Å². The minimum absolute atomic E-state index is 0.0353. The second-order valence-electron chi connectivity index (χ2n) is 3.27. The summed E-state index contributed by atoms with van der Waals surface area (Å²) in [6, 6.07) is -0.0353. The summed E-state index contributed by atoms with van der Waals surface area (Å²) in [6.45, 7) is 0. The van der Waals surface area contributed by atoms with Crippen LogP contribution in [0.3, 0.4) is 0 Å². The first-order chi connectivity index (χ1) is 8.73. The minimum Gasteiger partial charge on any atom is -0.481 e. The maximum absolute atomic E-state index is 13.3. The maximum atomic E-state index is 13.3. The van der Waals surface area contributed by atoms with E-state index in [0.717, 1.165) is 0 Å². The number of alkyl halides is 1. The van der Waals surface area contributed by atoms with E-state index in [1.165, 1.54) is 0 Å². The van der Waals surface area contributed by atoms with Gasteiger partial charge < -0.3 is 9.84 Å². The molecule has 0 aliphatic carbocycles. The Morgan fingerprint density at radius 1 is 1.16 bits per heavy atom. The van der Waals surface area contributed by atoms with Gasteiger partial charge in [-0.1, -0.05) is 0 Å². The Balaban J connectivity index is 2.97. The van der Waals surface area contributed by atoms with Crippen LogP contribution in [0.4, 0.5) is 22.0 Å². The average molecular weight is 284 g/mol. The highest BCUT2D eigenvalue weighted by atomic mass is 19.2. The van der Waals surface area contributed by atoms with Crippen molar-refractivity contribution in [3.63, 3.8) is 0 Å². The lowest BCUT2D eigenvalue weighted by atomic mass is 10.2. The summed E-state index contributed by atoms with van der Waals surface area (Å²) in [5.74, 6) is -11.6. The molecule has 0 aliphatic rings. The van der Waals surface area contributed by atoms with E-state index in [9.17, 15) is 31.5 Å². The summed E-state index contributed by atoms with van der Waals surface area (Å²) in [5, 5.41) is 8.18. The van der Waals surface area contributed by atoms with Gasteiger partial charge in [-0.3, -0.25) is 9.59 Å². The summed E-state index contributed by atoms with van der Waals surface area (Å²) < 4.78 is 68.2. The van der Waals surface area contributed by atoms with E-state index in [1.807, 2.05) is 0 Å². The molecule has 9 heteroatoms. The number of carboxylic acids is 1. The molecule has 0 bridgehead atoms. The highest BCUT2D eigenvalue weighted by Crippen LogP contribution is 2.27. The molecule has 4 nitrogen and oxygen atoms in total. The van der Waals surface area contributed by atoms with Gasteiger partial charge in [-0.2, -0.15) is 4.39 Å².